The van der Waals surface area contributed by atoms with E-state index in [0.717, 1.165) is 11.0 Å². The van der Waals surface area contributed by atoms with Gasteiger partial charge in [-0.25, -0.2) is 0 Å². The zero-order valence-corrected chi connectivity index (χ0v) is 21.2. The van der Waals surface area contributed by atoms with Crippen LogP contribution in [0.15, 0.2) is 70.7 Å². The van der Waals surface area contributed by atoms with E-state index in [4.69, 9.17) is 0 Å². The van der Waals surface area contributed by atoms with E-state index in [0.29, 0.717) is 12.1 Å². The van der Waals surface area contributed by atoms with Crippen LogP contribution in [0.5, 0.6) is 0 Å². The Morgan fingerprint density at radius 2 is 1.03 bits per heavy atom. The second-order valence-electron chi connectivity index (χ2n) is 8.60. The Hall–Kier alpha value is -2.44. The topological polar surface area (TPSA) is 32.3 Å². The fourth-order valence-electron chi connectivity index (χ4n) is 3.49. The normalized spacial score (nSPS) is 11.6. The summed E-state index contributed by atoms with van der Waals surface area (Å²) in [5.41, 5.74) is 4.44. The van der Waals surface area contributed by atoms with Gasteiger partial charge >= 0.3 is 0 Å². The predicted molar refractivity (Wildman–Crippen MR) is 142 cm³/mol. The van der Waals surface area contributed by atoms with Crippen molar-refractivity contribution in [3.63, 3.8) is 0 Å². The number of rotatable bonds is 7. The molecule has 0 N–H and O–H groups in total. The largest absolute Gasteiger partial charge is 0.372 e. The maximum absolute atomic E-state index is 4.63. The summed E-state index contributed by atoms with van der Waals surface area (Å²) in [5, 5.41) is 2.37. The van der Waals surface area contributed by atoms with Gasteiger partial charge in [-0.15, -0.1) is 0 Å². The highest BCUT2D eigenvalue weighted by Gasteiger charge is 2.12. The third kappa shape index (κ3) is 4.66. The number of fused-ring (bicyclic) bond motifs is 2. The third-order valence-corrected chi connectivity index (χ3v) is 8.44. The second-order valence-corrected chi connectivity index (χ2v) is 10.8. The lowest BCUT2D eigenvalue weighted by Gasteiger charge is -2.24. The van der Waals surface area contributed by atoms with Crippen LogP contribution in [0, 0.1) is 0 Å². The predicted octanol–water partition coefficient (Wildman–Crippen LogP) is 7.27. The summed E-state index contributed by atoms with van der Waals surface area (Å²) < 4.78 is 0. The number of anilines is 2. The van der Waals surface area contributed by atoms with Crippen molar-refractivity contribution in [2.75, 3.05) is 23.9 Å². The van der Waals surface area contributed by atoms with Crippen LogP contribution in [0.3, 0.4) is 0 Å². The Balaban J connectivity index is 1.60. The molecule has 2 heterocycles. The van der Waals surface area contributed by atoms with Crippen molar-refractivity contribution < 1.29 is 0 Å². The zero-order chi connectivity index (χ0) is 22.8. The first-order valence-corrected chi connectivity index (χ1v) is 13.1. The fraction of sp³-hybridized carbons (Fsp3) is 0.308. The van der Waals surface area contributed by atoms with Gasteiger partial charge in [0.2, 0.25) is 0 Å². The van der Waals surface area contributed by atoms with Crippen LogP contribution in [-0.2, 0) is 0 Å². The monoisotopic (exact) mass is 462 g/mol. The molecule has 0 unspecified atom stereocenters. The molecule has 166 valence electrons. The van der Waals surface area contributed by atoms with Gasteiger partial charge in [0, 0.05) is 70.5 Å². The first-order chi connectivity index (χ1) is 15.3. The van der Waals surface area contributed by atoms with E-state index in [-0.39, 0.29) is 0 Å². The summed E-state index contributed by atoms with van der Waals surface area (Å²) in [7, 11) is 7.81. The first kappa shape index (κ1) is 22.7. The van der Waals surface area contributed by atoms with Gasteiger partial charge in [-0.3, -0.25) is 9.97 Å². The number of hydrogen-bond donors (Lipinski definition) is 0. The standard InChI is InChI=1S/C26H30N4S2/c1-17(2)29(5)19-7-9-21-23(15-19)27-13-11-25(21)31-32-26-12-14-28-24-16-20(8-10-22(24)26)30(6)18(3)4/h7-18H,1-6H3. The second kappa shape index (κ2) is 9.59. The van der Waals surface area contributed by atoms with Gasteiger partial charge in [-0.2, -0.15) is 0 Å². The van der Waals surface area contributed by atoms with Crippen LogP contribution in [0.4, 0.5) is 11.4 Å². The van der Waals surface area contributed by atoms with Gasteiger partial charge in [0.05, 0.1) is 11.0 Å². The maximum atomic E-state index is 4.63. The van der Waals surface area contributed by atoms with Crippen LogP contribution in [0.1, 0.15) is 27.7 Å². The van der Waals surface area contributed by atoms with Gasteiger partial charge in [-0.1, -0.05) is 21.6 Å². The highest BCUT2D eigenvalue weighted by atomic mass is 33.1. The van der Waals surface area contributed by atoms with Crippen LogP contribution >= 0.6 is 21.6 Å². The van der Waals surface area contributed by atoms with E-state index in [1.807, 2.05) is 12.4 Å². The average molecular weight is 463 g/mol. The lowest BCUT2D eigenvalue weighted by Crippen LogP contribution is -2.25. The minimum Gasteiger partial charge on any atom is -0.372 e. The molecule has 0 saturated heterocycles. The molecule has 4 aromatic rings. The number of benzene rings is 2. The minimum absolute atomic E-state index is 0.446. The summed E-state index contributed by atoms with van der Waals surface area (Å²) in [4.78, 5) is 16.2. The van der Waals surface area contributed by atoms with Crippen molar-refractivity contribution in [3.8, 4) is 0 Å². The SMILES string of the molecule is CC(C)N(C)c1ccc2c(SSc3ccnc4cc(N(C)C(C)C)ccc34)ccnc2c1. The van der Waals surface area contributed by atoms with Crippen molar-refractivity contribution >= 4 is 54.8 Å². The van der Waals surface area contributed by atoms with Crippen LogP contribution in [0.2, 0.25) is 0 Å². The number of pyridine rings is 2. The molecule has 6 heteroatoms. The number of hydrogen-bond acceptors (Lipinski definition) is 6. The molecule has 0 saturated carbocycles. The highest BCUT2D eigenvalue weighted by molar-refractivity contribution is 8.76. The number of nitrogens with zero attached hydrogens (tertiary/aromatic N) is 4. The van der Waals surface area contributed by atoms with Gasteiger partial charge in [-0.05, 0) is 76.2 Å². The number of aromatic nitrogens is 2. The summed E-state index contributed by atoms with van der Waals surface area (Å²) in [6.45, 7) is 8.79. The van der Waals surface area contributed by atoms with E-state index in [1.54, 1.807) is 21.6 Å². The molecule has 2 aromatic heterocycles. The third-order valence-electron chi connectivity index (χ3n) is 5.96. The zero-order valence-electron chi connectivity index (χ0n) is 19.5. The summed E-state index contributed by atoms with van der Waals surface area (Å²) in [6, 6.07) is 18.2. The van der Waals surface area contributed by atoms with Gasteiger partial charge in [0.1, 0.15) is 0 Å². The Morgan fingerprint density at radius 1 is 0.625 bits per heavy atom. The van der Waals surface area contributed by atoms with Crippen molar-refractivity contribution in [1.29, 1.82) is 0 Å². The van der Waals surface area contributed by atoms with E-state index in [2.05, 4.69) is 110 Å². The molecule has 32 heavy (non-hydrogen) atoms. The van der Waals surface area contributed by atoms with Crippen molar-refractivity contribution in [3.05, 3.63) is 60.9 Å². The molecule has 2 aromatic carbocycles. The molecule has 0 aliphatic rings. The van der Waals surface area contributed by atoms with Crippen molar-refractivity contribution in [2.45, 2.75) is 49.6 Å². The average Bonchev–Trinajstić information content (AvgIpc) is 2.80. The van der Waals surface area contributed by atoms with Gasteiger partial charge in [0.25, 0.3) is 0 Å². The van der Waals surface area contributed by atoms with E-state index < -0.39 is 0 Å². The molecule has 0 amide bonds. The Bertz CT molecular complexity index is 1140. The van der Waals surface area contributed by atoms with Crippen LogP contribution < -0.4 is 9.80 Å². The molecule has 0 radical (unpaired) electrons. The molecule has 0 spiro atoms. The summed E-state index contributed by atoms with van der Waals surface area (Å²) in [6.07, 6.45) is 3.81. The van der Waals surface area contributed by atoms with Gasteiger partial charge in [0.15, 0.2) is 0 Å². The van der Waals surface area contributed by atoms with E-state index >= 15 is 0 Å². The highest BCUT2D eigenvalue weighted by Crippen LogP contribution is 2.43. The molecular formula is C26H30N4S2. The molecule has 0 bridgehead atoms. The Labute approximate surface area is 198 Å². The molecule has 0 fully saturated rings. The lowest BCUT2D eigenvalue weighted by atomic mass is 10.2. The first-order valence-electron chi connectivity index (χ1n) is 10.9. The molecule has 0 aliphatic carbocycles. The maximum Gasteiger partial charge on any atom is 0.0734 e. The van der Waals surface area contributed by atoms with Crippen molar-refractivity contribution in [2.24, 2.45) is 0 Å². The smallest absolute Gasteiger partial charge is 0.0734 e. The quantitative estimate of drug-likeness (QED) is 0.269. The van der Waals surface area contributed by atoms with Crippen molar-refractivity contribution in [1.82, 2.24) is 9.97 Å². The van der Waals surface area contributed by atoms with Crippen LogP contribution in [0.25, 0.3) is 21.8 Å². The molecule has 4 nitrogen and oxygen atoms in total. The fourth-order valence-corrected chi connectivity index (χ4v) is 5.84. The summed E-state index contributed by atoms with van der Waals surface area (Å²) >= 11 is 0. The van der Waals surface area contributed by atoms with E-state index in [1.165, 1.54) is 31.9 Å². The summed E-state index contributed by atoms with van der Waals surface area (Å²) in [5.74, 6) is 0. The molecule has 0 aliphatic heterocycles. The molecule has 4 rings (SSSR count). The Morgan fingerprint density at radius 3 is 1.41 bits per heavy atom. The van der Waals surface area contributed by atoms with Gasteiger partial charge < -0.3 is 9.80 Å². The lowest BCUT2D eigenvalue weighted by molar-refractivity contribution is 0.755. The minimum atomic E-state index is 0.446. The molecular weight excluding hydrogens is 432 g/mol. The van der Waals surface area contributed by atoms with E-state index in [9.17, 15) is 0 Å². The van der Waals surface area contributed by atoms with Crippen LogP contribution in [-0.4, -0.2) is 36.1 Å². The Kier molecular flexibility index (Phi) is 6.82. The molecule has 0 atom stereocenters.